The first-order chi connectivity index (χ1) is 13.6. The Morgan fingerprint density at radius 1 is 1.11 bits per heavy atom. The fourth-order valence-corrected chi connectivity index (χ4v) is 4.01. The van der Waals surface area contributed by atoms with Crippen LogP contribution in [0.2, 0.25) is 0 Å². The summed E-state index contributed by atoms with van der Waals surface area (Å²) in [6.07, 6.45) is 5.10. The van der Waals surface area contributed by atoms with Gasteiger partial charge in [0.1, 0.15) is 11.7 Å². The average molecular weight is 374 g/mol. The summed E-state index contributed by atoms with van der Waals surface area (Å²) >= 11 is 0. The van der Waals surface area contributed by atoms with Gasteiger partial charge < -0.3 is 9.30 Å². The molecule has 144 valence electrons. The molecular formula is C23H27N5. The van der Waals surface area contributed by atoms with Gasteiger partial charge in [-0.1, -0.05) is 26.0 Å². The van der Waals surface area contributed by atoms with Crippen molar-refractivity contribution in [1.29, 1.82) is 5.26 Å². The number of hydrogen-bond acceptors (Lipinski definition) is 4. The van der Waals surface area contributed by atoms with Crippen molar-refractivity contribution in [3.8, 4) is 6.07 Å². The van der Waals surface area contributed by atoms with E-state index in [-0.39, 0.29) is 0 Å². The molecule has 1 saturated heterocycles. The number of nitriles is 1. The van der Waals surface area contributed by atoms with Crippen molar-refractivity contribution in [3.63, 3.8) is 0 Å². The minimum atomic E-state index is 0.614. The Kier molecular flexibility index (Phi) is 5.31. The van der Waals surface area contributed by atoms with Gasteiger partial charge in [0.2, 0.25) is 0 Å². The van der Waals surface area contributed by atoms with Crippen molar-refractivity contribution in [2.45, 2.75) is 26.8 Å². The summed E-state index contributed by atoms with van der Waals surface area (Å²) in [5, 5.41) is 9.55. The summed E-state index contributed by atoms with van der Waals surface area (Å²) in [4.78, 5) is 9.33. The van der Waals surface area contributed by atoms with Gasteiger partial charge in [0.25, 0.3) is 0 Å². The highest BCUT2D eigenvalue weighted by Crippen LogP contribution is 2.25. The highest BCUT2D eigenvalue weighted by molar-refractivity contribution is 5.61. The van der Waals surface area contributed by atoms with Crippen LogP contribution in [-0.4, -0.2) is 40.5 Å². The number of imidazole rings is 1. The molecule has 0 atom stereocenters. The first-order valence-corrected chi connectivity index (χ1v) is 10.1. The molecular weight excluding hydrogens is 346 g/mol. The lowest BCUT2D eigenvalue weighted by molar-refractivity contribution is 0.246. The Bertz CT molecular complexity index is 990. The zero-order chi connectivity index (χ0) is 19.5. The van der Waals surface area contributed by atoms with E-state index < -0.39 is 0 Å². The molecule has 1 fully saturated rings. The molecule has 0 unspecified atom stereocenters. The van der Waals surface area contributed by atoms with Gasteiger partial charge in [-0.2, -0.15) is 5.26 Å². The molecule has 5 heteroatoms. The van der Waals surface area contributed by atoms with Crippen molar-refractivity contribution in [2.75, 3.05) is 31.1 Å². The lowest BCUT2D eigenvalue weighted by atomic mass is 10.00. The first-order valence-electron chi connectivity index (χ1n) is 10.1. The topological polar surface area (TPSA) is 47.6 Å². The van der Waals surface area contributed by atoms with E-state index in [1.165, 1.54) is 11.3 Å². The third-order valence-electron chi connectivity index (χ3n) is 5.42. The number of piperazine rings is 1. The summed E-state index contributed by atoms with van der Waals surface area (Å²) in [6.45, 7) is 9.22. The molecule has 5 nitrogen and oxygen atoms in total. The third-order valence-corrected chi connectivity index (χ3v) is 5.42. The van der Waals surface area contributed by atoms with Crippen molar-refractivity contribution in [1.82, 2.24) is 14.3 Å². The highest BCUT2D eigenvalue weighted by Gasteiger charge is 2.20. The van der Waals surface area contributed by atoms with Gasteiger partial charge in [-0.3, -0.25) is 4.90 Å². The molecule has 3 aromatic rings. The Morgan fingerprint density at radius 2 is 1.93 bits per heavy atom. The van der Waals surface area contributed by atoms with Crippen LogP contribution in [0.3, 0.4) is 0 Å². The van der Waals surface area contributed by atoms with Gasteiger partial charge >= 0.3 is 0 Å². The van der Waals surface area contributed by atoms with Crippen LogP contribution in [0.5, 0.6) is 0 Å². The Hall–Kier alpha value is -2.84. The van der Waals surface area contributed by atoms with E-state index in [9.17, 15) is 5.26 Å². The Morgan fingerprint density at radius 3 is 2.68 bits per heavy atom. The van der Waals surface area contributed by atoms with Crippen molar-refractivity contribution in [3.05, 3.63) is 65.6 Å². The fraction of sp³-hybridized carbons (Fsp3) is 0.391. The lowest BCUT2D eigenvalue weighted by Gasteiger charge is -2.36. The van der Waals surface area contributed by atoms with Crippen LogP contribution in [0.4, 0.5) is 5.69 Å². The standard InChI is InChI=1S/C23H27N5/c1-18(2)13-19-6-7-20(15-24)22(14-19)27-11-9-26(10-12-27)17-21-16-25-23-5-3-4-8-28(21)23/h3-8,14,16,18H,9-13,17H2,1-2H3. The molecule has 0 spiro atoms. The molecule has 1 aromatic carbocycles. The van der Waals surface area contributed by atoms with E-state index in [2.05, 4.69) is 57.4 Å². The molecule has 4 rings (SSSR count). The molecule has 0 amide bonds. The minimum absolute atomic E-state index is 0.614. The maximum Gasteiger partial charge on any atom is 0.136 e. The predicted molar refractivity (Wildman–Crippen MR) is 112 cm³/mol. The van der Waals surface area contributed by atoms with Crippen LogP contribution in [0.15, 0.2) is 48.8 Å². The number of anilines is 1. The zero-order valence-corrected chi connectivity index (χ0v) is 16.7. The SMILES string of the molecule is CC(C)Cc1ccc(C#N)c(N2CCN(Cc3cnc4ccccn34)CC2)c1. The van der Waals surface area contributed by atoms with Crippen LogP contribution in [0.25, 0.3) is 5.65 Å². The predicted octanol–water partition coefficient (Wildman–Crippen LogP) is 3.73. The van der Waals surface area contributed by atoms with Crippen molar-refractivity contribution >= 4 is 11.3 Å². The van der Waals surface area contributed by atoms with Crippen molar-refractivity contribution in [2.24, 2.45) is 5.92 Å². The van der Waals surface area contributed by atoms with E-state index in [1.807, 2.05) is 30.5 Å². The molecule has 0 N–H and O–H groups in total. The zero-order valence-electron chi connectivity index (χ0n) is 16.7. The third kappa shape index (κ3) is 3.88. The van der Waals surface area contributed by atoms with Crippen LogP contribution < -0.4 is 4.90 Å². The van der Waals surface area contributed by atoms with E-state index in [0.29, 0.717) is 5.92 Å². The van der Waals surface area contributed by atoms with Gasteiger partial charge in [0, 0.05) is 38.9 Å². The van der Waals surface area contributed by atoms with Gasteiger partial charge in [-0.05, 0) is 42.2 Å². The first kappa shape index (κ1) is 18.5. The smallest absolute Gasteiger partial charge is 0.136 e. The van der Waals surface area contributed by atoms with Crippen LogP contribution in [-0.2, 0) is 13.0 Å². The van der Waals surface area contributed by atoms with E-state index in [0.717, 1.165) is 56.0 Å². The number of nitrogens with zero attached hydrogens (tertiary/aromatic N) is 5. The second kappa shape index (κ2) is 8.04. The maximum absolute atomic E-state index is 9.55. The minimum Gasteiger partial charge on any atom is -0.368 e. The largest absolute Gasteiger partial charge is 0.368 e. The fourth-order valence-electron chi connectivity index (χ4n) is 4.01. The van der Waals surface area contributed by atoms with Gasteiger partial charge in [-0.25, -0.2) is 4.98 Å². The summed E-state index contributed by atoms with van der Waals surface area (Å²) in [5.41, 5.74) is 5.41. The van der Waals surface area contributed by atoms with E-state index in [1.54, 1.807) is 0 Å². The quantitative estimate of drug-likeness (QED) is 0.684. The van der Waals surface area contributed by atoms with Crippen LogP contribution in [0.1, 0.15) is 30.7 Å². The Balaban J connectivity index is 1.44. The number of aromatic nitrogens is 2. The van der Waals surface area contributed by atoms with E-state index in [4.69, 9.17) is 0 Å². The van der Waals surface area contributed by atoms with Crippen LogP contribution >= 0.6 is 0 Å². The number of fused-ring (bicyclic) bond motifs is 1. The second-order valence-electron chi connectivity index (χ2n) is 8.00. The molecule has 0 radical (unpaired) electrons. The number of rotatable bonds is 5. The normalized spacial score (nSPS) is 15.3. The maximum atomic E-state index is 9.55. The molecule has 28 heavy (non-hydrogen) atoms. The number of pyridine rings is 1. The van der Waals surface area contributed by atoms with Gasteiger partial charge in [-0.15, -0.1) is 0 Å². The average Bonchev–Trinajstić information content (AvgIpc) is 3.11. The highest BCUT2D eigenvalue weighted by atomic mass is 15.3. The lowest BCUT2D eigenvalue weighted by Crippen LogP contribution is -2.46. The molecule has 1 aliphatic heterocycles. The Labute approximate surface area is 166 Å². The van der Waals surface area contributed by atoms with Gasteiger partial charge in [0.05, 0.1) is 23.1 Å². The van der Waals surface area contributed by atoms with Crippen LogP contribution in [0, 0.1) is 17.2 Å². The number of hydrogen-bond donors (Lipinski definition) is 0. The second-order valence-corrected chi connectivity index (χ2v) is 8.00. The number of benzene rings is 1. The van der Waals surface area contributed by atoms with Crippen molar-refractivity contribution < 1.29 is 0 Å². The summed E-state index contributed by atoms with van der Waals surface area (Å²) in [5.74, 6) is 0.614. The summed E-state index contributed by atoms with van der Waals surface area (Å²) in [6, 6.07) is 14.8. The van der Waals surface area contributed by atoms with E-state index >= 15 is 0 Å². The molecule has 0 bridgehead atoms. The molecule has 3 heterocycles. The summed E-state index contributed by atoms with van der Waals surface area (Å²) in [7, 11) is 0. The molecule has 1 aliphatic rings. The molecule has 2 aromatic heterocycles. The molecule has 0 aliphatic carbocycles. The monoisotopic (exact) mass is 373 g/mol. The molecule has 0 saturated carbocycles. The van der Waals surface area contributed by atoms with Gasteiger partial charge in [0.15, 0.2) is 0 Å². The summed E-state index contributed by atoms with van der Waals surface area (Å²) < 4.78 is 2.16.